The average molecular weight is 548 g/mol. The fourth-order valence-corrected chi connectivity index (χ4v) is 4.93. The van der Waals surface area contributed by atoms with E-state index in [0.29, 0.717) is 40.1 Å². The molecule has 0 atom stereocenters. The standard InChI is InChI=1S/C25H23Cl2N3O5S/c26-17-4-7-19(8-5-17)28-22(31)15-35-20-9-6-18(27)12-16(20)13-21-24(33)30(25(34)36-21)14-23(32)29-10-2-1-3-11-29/h4-9,12-13H,1-3,10-11,14-15H2,(H,28,31)/b21-13-. The predicted octanol–water partition coefficient (Wildman–Crippen LogP) is 5.06. The highest BCUT2D eigenvalue weighted by atomic mass is 35.5. The van der Waals surface area contributed by atoms with Gasteiger partial charge in [0.05, 0.1) is 4.91 Å². The van der Waals surface area contributed by atoms with E-state index >= 15 is 0 Å². The largest absolute Gasteiger partial charge is 0.483 e. The SMILES string of the molecule is O=C(COc1ccc(Cl)cc1/C=C1\SC(=O)N(CC(=O)N2CCCCC2)C1=O)Nc1ccc(Cl)cc1. The van der Waals surface area contributed by atoms with E-state index in [0.717, 1.165) is 35.9 Å². The number of amides is 4. The first-order valence-corrected chi connectivity index (χ1v) is 12.9. The molecule has 2 aromatic rings. The highest BCUT2D eigenvalue weighted by molar-refractivity contribution is 8.18. The highest BCUT2D eigenvalue weighted by Gasteiger charge is 2.37. The van der Waals surface area contributed by atoms with E-state index in [1.165, 1.54) is 6.08 Å². The molecule has 2 aliphatic heterocycles. The summed E-state index contributed by atoms with van der Waals surface area (Å²) in [6.45, 7) is 0.697. The molecule has 0 saturated carbocycles. The zero-order chi connectivity index (χ0) is 25.7. The molecule has 0 aliphatic carbocycles. The number of rotatable bonds is 7. The van der Waals surface area contributed by atoms with Crippen LogP contribution in [0.4, 0.5) is 10.5 Å². The van der Waals surface area contributed by atoms with Crippen LogP contribution in [0.15, 0.2) is 47.4 Å². The average Bonchev–Trinajstić information content (AvgIpc) is 3.12. The fourth-order valence-electron chi connectivity index (χ4n) is 3.79. The summed E-state index contributed by atoms with van der Waals surface area (Å²) in [7, 11) is 0. The highest BCUT2D eigenvalue weighted by Crippen LogP contribution is 2.35. The lowest BCUT2D eigenvalue weighted by Gasteiger charge is -2.27. The maximum atomic E-state index is 12.9. The molecule has 36 heavy (non-hydrogen) atoms. The third kappa shape index (κ3) is 6.60. The number of likely N-dealkylation sites (tertiary alicyclic amines) is 1. The molecular weight excluding hydrogens is 525 g/mol. The second kappa shape index (κ2) is 11.8. The number of imide groups is 1. The zero-order valence-electron chi connectivity index (χ0n) is 19.2. The second-order valence-corrected chi connectivity index (χ2v) is 10.1. The van der Waals surface area contributed by atoms with Crippen molar-refractivity contribution >= 4 is 69.7 Å². The van der Waals surface area contributed by atoms with Gasteiger partial charge in [-0.1, -0.05) is 23.2 Å². The Balaban J connectivity index is 1.43. The third-order valence-corrected chi connectivity index (χ3v) is 7.02. The summed E-state index contributed by atoms with van der Waals surface area (Å²) in [4.78, 5) is 53.1. The lowest BCUT2D eigenvalue weighted by Crippen LogP contribution is -2.44. The van der Waals surface area contributed by atoms with E-state index in [1.807, 2.05) is 0 Å². The van der Waals surface area contributed by atoms with Crippen LogP contribution in [0.1, 0.15) is 24.8 Å². The van der Waals surface area contributed by atoms with Crippen LogP contribution in [0.3, 0.4) is 0 Å². The van der Waals surface area contributed by atoms with Gasteiger partial charge in [0.15, 0.2) is 6.61 Å². The molecule has 2 heterocycles. The van der Waals surface area contributed by atoms with Crippen LogP contribution in [0.5, 0.6) is 5.75 Å². The first-order chi connectivity index (χ1) is 17.3. The van der Waals surface area contributed by atoms with Gasteiger partial charge in [-0.25, -0.2) is 0 Å². The first kappa shape index (κ1) is 26.1. The molecule has 0 unspecified atom stereocenters. The number of benzene rings is 2. The Labute approximate surface area is 222 Å². The number of hydrogen-bond donors (Lipinski definition) is 1. The van der Waals surface area contributed by atoms with Gasteiger partial charge in [0.2, 0.25) is 5.91 Å². The van der Waals surface area contributed by atoms with Gasteiger partial charge in [-0.15, -0.1) is 0 Å². The molecule has 0 radical (unpaired) electrons. The molecular formula is C25H23Cl2N3O5S. The van der Waals surface area contributed by atoms with Crippen LogP contribution in [0, 0.1) is 0 Å². The third-order valence-electron chi connectivity index (χ3n) is 5.62. The number of anilines is 1. The molecule has 2 aromatic carbocycles. The Kier molecular flexibility index (Phi) is 8.56. The number of carbonyl (C=O) groups is 4. The minimum Gasteiger partial charge on any atom is -0.483 e. The van der Waals surface area contributed by atoms with Gasteiger partial charge in [-0.05, 0) is 79.6 Å². The van der Waals surface area contributed by atoms with Crippen molar-refractivity contribution in [2.45, 2.75) is 19.3 Å². The van der Waals surface area contributed by atoms with Crippen molar-refractivity contribution in [2.24, 2.45) is 0 Å². The van der Waals surface area contributed by atoms with Gasteiger partial charge in [0, 0.05) is 34.4 Å². The van der Waals surface area contributed by atoms with E-state index in [-0.39, 0.29) is 24.0 Å². The minimum absolute atomic E-state index is 0.143. The van der Waals surface area contributed by atoms with Crippen LogP contribution in [-0.2, 0) is 14.4 Å². The van der Waals surface area contributed by atoms with Gasteiger partial charge in [-0.3, -0.25) is 24.1 Å². The van der Waals surface area contributed by atoms with Crippen molar-refractivity contribution in [3.8, 4) is 5.75 Å². The van der Waals surface area contributed by atoms with E-state index in [9.17, 15) is 19.2 Å². The Morgan fingerprint density at radius 1 is 1.00 bits per heavy atom. The van der Waals surface area contributed by atoms with Crippen LogP contribution >= 0.6 is 35.0 Å². The summed E-state index contributed by atoms with van der Waals surface area (Å²) in [6.07, 6.45) is 4.39. The van der Waals surface area contributed by atoms with E-state index in [1.54, 1.807) is 47.4 Å². The molecule has 0 spiro atoms. The summed E-state index contributed by atoms with van der Waals surface area (Å²) in [5, 5.41) is 3.13. The molecule has 4 amide bonds. The zero-order valence-corrected chi connectivity index (χ0v) is 21.5. The topological polar surface area (TPSA) is 96.0 Å². The minimum atomic E-state index is -0.554. The van der Waals surface area contributed by atoms with Crippen molar-refractivity contribution in [2.75, 3.05) is 31.6 Å². The number of thioether (sulfide) groups is 1. The molecule has 2 saturated heterocycles. The number of piperidine rings is 1. The Hall–Kier alpha value is -3.01. The molecule has 1 N–H and O–H groups in total. The number of nitrogens with one attached hydrogen (secondary N) is 1. The number of ether oxygens (including phenoxy) is 1. The predicted molar refractivity (Wildman–Crippen MR) is 140 cm³/mol. The summed E-state index contributed by atoms with van der Waals surface area (Å²) in [5.41, 5.74) is 0.992. The van der Waals surface area contributed by atoms with Crippen LogP contribution < -0.4 is 10.1 Å². The molecule has 4 rings (SSSR count). The summed E-state index contributed by atoms with van der Waals surface area (Å²) in [6, 6.07) is 11.4. The van der Waals surface area contributed by atoms with Gasteiger partial charge < -0.3 is 15.0 Å². The Morgan fingerprint density at radius 3 is 2.42 bits per heavy atom. The van der Waals surface area contributed by atoms with Crippen LogP contribution in [-0.4, -0.2) is 59.0 Å². The molecule has 11 heteroatoms. The van der Waals surface area contributed by atoms with E-state index < -0.39 is 17.1 Å². The maximum absolute atomic E-state index is 12.9. The lowest BCUT2D eigenvalue weighted by molar-refractivity contribution is -0.136. The number of carbonyl (C=O) groups excluding carboxylic acids is 4. The molecule has 8 nitrogen and oxygen atoms in total. The fraction of sp³-hybridized carbons (Fsp3) is 0.280. The van der Waals surface area contributed by atoms with Gasteiger partial charge in [-0.2, -0.15) is 0 Å². The smallest absolute Gasteiger partial charge is 0.294 e. The van der Waals surface area contributed by atoms with Crippen LogP contribution in [0.2, 0.25) is 10.0 Å². The number of nitrogens with zero attached hydrogens (tertiary/aromatic N) is 2. The van der Waals surface area contributed by atoms with E-state index in [4.69, 9.17) is 27.9 Å². The quantitative estimate of drug-likeness (QED) is 0.486. The van der Waals surface area contributed by atoms with Crippen molar-refractivity contribution in [1.82, 2.24) is 9.80 Å². The normalized spacial score (nSPS) is 17.0. The van der Waals surface area contributed by atoms with Gasteiger partial charge in [0.1, 0.15) is 12.3 Å². The lowest BCUT2D eigenvalue weighted by atomic mass is 10.1. The molecule has 2 fully saturated rings. The molecule has 0 bridgehead atoms. The van der Waals surface area contributed by atoms with Crippen molar-refractivity contribution < 1.29 is 23.9 Å². The Morgan fingerprint density at radius 2 is 1.69 bits per heavy atom. The van der Waals surface area contributed by atoms with Crippen molar-refractivity contribution in [3.63, 3.8) is 0 Å². The number of halogens is 2. The number of hydrogen-bond acceptors (Lipinski definition) is 6. The summed E-state index contributed by atoms with van der Waals surface area (Å²) < 4.78 is 5.67. The van der Waals surface area contributed by atoms with E-state index in [2.05, 4.69) is 5.32 Å². The van der Waals surface area contributed by atoms with Crippen molar-refractivity contribution in [3.05, 3.63) is 63.0 Å². The Bertz CT molecular complexity index is 1210. The second-order valence-electron chi connectivity index (χ2n) is 8.24. The summed E-state index contributed by atoms with van der Waals surface area (Å²) >= 11 is 12.7. The molecule has 188 valence electrons. The first-order valence-electron chi connectivity index (χ1n) is 11.3. The van der Waals surface area contributed by atoms with Gasteiger partial charge >= 0.3 is 0 Å². The van der Waals surface area contributed by atoms with Gasteiger partial charge in [0.25, 0.3) is 17.1 Å². The monoisotopic (exact) mass is 547 g/mol. The van der Waals surface area contributed by atoms with Crippen molar-refractivity contribution in [1.29, 1.82) is 0 Å². The summed E-state index contributed by atoms with van der Waals surface area (Å²) in [5.74, 6) is -0.880. The van der Waals surface area contributed by atoms with Crippen LogP contribution in [0.25, 0.3) is 6.08 Å². The maximum Gasteiger partial charge on any atom is 0.294 e. The molecule has 0 aromatic heterocycles. The molecule has 2 aliphatic rings.